The number of carbonyl (C=O) groups excluding carboxylic acids is 1. The molecule has 6 heteroatoms. The second-order valence-corrected chi connectivity index (χ2v) is 5.57. The van der Waals surface area contributed by atoms with Crippen LogP contribution in [0.25, 0.3) is 0 Å². The SMILES string of the molecule is Cc1cc(N)cc(C(=O)Nc2cc(Cl)ccc2Br)c1F. The minimum absolute atomic E-state index is 0.102. The van der Waals surface area contributed by atoms with Gasteiger partial charge >= 0.3 is 0 Å². The van der Waals surface area contributed by atoms with Crippen LogP contribution in [0.4, 0.5) is 15.8 Å². The highest BCUT2D eigenvalue weighted by Crippen LogP contribution is 2.27. The highest BCUT2D eigenvalue weighted by Gasteiger charge is 2.16. The van der Waals surface area contributed by atoms with Gasteiger partial charge in [0.2, 0.25) is 0 Å². The number of rotatable bonds is 2. The molecule has 0 aliphatic carbocycles. The smallest absolute Gasteiger partial charge is 0.258 e. The van der Waals surface area contributed by atoms with Crippen LogP contribution >= 0.6 is 27.5 Å². The van der Waals surface area contributed by atoms with Crippen LogP contribution in [-0.4, -0.2) is 5.91 Å². The summed E-state index contributed by atoms with van der Waals surface area (Å²) in [6.45, 7) is 1.55. The maximum absolute atomic E-state index is 14.0. The molecule has 0 unspecified atom stereocenters. The zero-order valence-corrected chi connectivity index (χ0v) is 12.8. The number of carbonyl (C=O) groups is 1. The largest absolute Gasteiger partial charge is 0.399 e. The molecule has 3 N–H and O–H groups in total. The van der Waals surface area contributed by atoms with Crippen molar-refractivity contribution < 1.29 is 9.18 Å². The lowest BCUT2D eigenvalue weighted by molar-refractivity contribution is 0.102. The van der Waals surface area contributed by atoms with E-state index in [0.29, 0.717) is 26.4 Å². The molecule has 0 aliphatic heterocycles. The molecule has 0 aromatic heterocycles. The van der Waals surface area contributed by atoms with E-state index in [1.54, 1.807) is 25.1 Å². The molecule has 0 radical (unpaired) electrons. The first-order valence-corrected chi connectivity index (χ1v) is 6.87. The van der Waals surface area contributed by atoms with E-state index >= 15 is 0 Å². The number of nitrogens with one attached hydrogen (secondary N) is 1. The molecule has 0 spiro atoms. The number of nitrogens with two attached hydrogens (primary N) is 1. The fourth-order valence-electron chi connectivity index (χ4n) is 1.75. The van der Waals surface area contributed by atoms with Crippen molar-refractivity contribution in [3.63, 3.8) is 0 Å². The number of nitrogen functional groups attached to an aromatic ring is 1. The minimum atomic E-state index is -0.588. The van der Waals surface area contributed by atoms with Gasteiger partial charge in [-0.3, -0.25) is 4.79 Å². The number of anilines is 2. The van der Waals surface area contributed by atoms with E-state index < -0.39 is 11.7 Å². The number of aryl methyl sites for hydroxylation is 1. The first-order chi connectivity index (χ1) is 9.38. The Labute approximate surface area is 129 Å². The van der Waals surface area contributed by atoms with Crippen LogP contribution in [-0.2, 0) is 0 Å². The molecule has 0 fully saturated rings. The molecule has 2 rings (SSSR count). The van der Waals surface area contributed by atoms with Crippen molar-refractivity contribution in [2.75, 3.05) is 11.1 Å². The summed E-state index contributed by atoms with van der Waals surface area (Å²) in [7, 11) is 0. The summed E-state index contributed by atoms with van der Waals surface area (Å²) < 4.78 is 14.6. The van der Waals surface area contributed by atoms with E-state index in [1.807, 2.05) is 0 Å². The Kier molecular flexibility index (Phi) is 4.30. The molecule has 2 aromatic rings. The van der Waals surface area contributed by atoms with Crippen molar-refractivity contribution in [2.45, 2.75) is 6.92 Å². The van der Waals surface area contributed by atoms with Gasteiger partial charge < -0.3 is 11.1 Å². The van der Waals surface area contributed by atoms with E-state index in [0.717, 1.165) is 0 Å². The topological polar surface area (TPSA) is 55.1 Å². The summed E-state index contributed by atoms with van der Waals surface area (Å²) in [5, 5.41) is 3.06. The normalized spacial score (nSPS) is 10.4. The van der Waals surface area contributed by atoms with Crippen LogP contribution in [0.1, 0.15) is 15.9 Å². The van der Waals surface area contributed by atoms with E-state index in [9.17, 15) is 9.18 Å². The standard InChI is InChI=1S/C14H11BrClFN2O/c1-7-4-9(18)6-10(13(7)17)14(20)19-12-5-8(16)2-3-11(12)15/h2-6H,18H2,1H3,(H,19,20). The highest BCUT2D eigenvalue weighted by atomic mass is 79.9. The minimum Gasteiger partial charge on any atom is -0.399 e. The van der Waals surface area contributed by atoms with Gasteiger partial charge in [-0.05, 0) is 58.7 Å². The first-order valence-electron chi connectivity index (χ1n) is 5.70. The van der Waals surface area contributed by atoms with Crippen LogP contribution in [0.5, 0.6) is 0 Å². The van der Waals surface area contributed by atoms with Gasteiger partial charge in [-0.2, -0.15) is 0 Å². The molecule has 1 amide bonds. The summed E-state index contributed by atoms with van der Waals surface area (Å²) >= 11 is 9.15. The third kappa shape index (κ3) is 3.11. The zero-order chi connectivity index (χ0) is 14.9. The second-order valence-electron chi connectivity index (χ2n) is 4.28. The monoisotopic (exact) mass is 356 g/mol. The molecule has 104 valence electrons. The van der Waals surface area contributed by atoms with Crippen LogP contribution in [0.15, 0.2) is 34.8 Å². The lowest BCUT2D eigenvalue weighted by atomic mass is 10.1. The van der Waals surface area contributed by atoms with Gasteiger partial charge in [0.15, 0.2) is 0 Å². The summed E-state index contributed by atoms with van der Waals surface area (Å²) in [5.41, 5.74) is 6.65. The number of hydrogen-bond donors (Lipinski definition) is 2. The lowest BCUT2D eigenvalue weighted by Crippen LogP contribution is -2.15. The summed E-state index contributed by atoms with van der Waals surface area (Å²) in [5.74, 6) is -1.17. The molecule has 0 saturated heterocycles. The van der Waals surface area contributed by atoms with Crippen LogP contribution < -0.4 is 11.1 Å². The fraction of sp³-hybridized carbons (Fsp3) is 0.0714. The zero-order valence-electron chi connectivity index (χ0n) is 10.5. The summed E-state index contributed by atoms with van der Waals surface area (Å²) in [6, 6.07) is 7.71. The van der Waals surface area contributed by atoms with E-state index in [2.05, 4.69) is 21.2 Å². The number of halogens is 3. The maximum Gasteiger partial charge on any atom is 0.258 e. The third-order valence-electron chi connectivity index (χ3n) is 2.70. The van der Waals surface area contributed by atoms with Gasteiger partial charge in [0, 0.05) is 15.2 Å². The van der Waals surface area contributed by atoms with Crippen LogP contribution in [0.3, 0.4) is 0 Å². The average molecular weight is 358 g/mol. The predicted molar refractivity (Wildman–Crippen MR) is 82.7 cm³/mol. The molecule has 0 heterocycles. The van der Waals surface area contributed by atoms with Crippen molar-refractivity contribution in [2.24, 2.45) is 0 Å². The molecular formula is C14H11BrClFN2O. The van der Waals surface area contributed by atoms with Gasteiger partial charge in [0.25, 0.3) is 5.91 Å². The lowest BCUT2D eigenvalue weighted by Gasteiger charge is -2.10. The fourth-order valence-corrected chi connectivity index (χ4v) is 2.26. The molecular weight excluding hydrogens is 347 g/mol. The highest BCUT2D eigenvalue weighted by molar-refractivity contribution is 9.10. The van der Waals surface area contributed by atoms with Crippen molar-refractivity contribution in [3.8, 4) is 0 Å². The summed E-state index contributed by atoms with van der Waals surface area (Å²) in [4.78, 5) is 12.1. The molecule has 0 bridgehead atoms. The van der Waals surface area contributed by atoms with Crippen molar-refractivity contribution in [1.82, 2.24) is 0 Å². The Morgan fingerprint density at radius 3 is 2.75 bits per heavy atom. The van der Waals surface area contributed by atoms with Gasteiger partial charge in [-0.1, -0.05) is 11.6 Å². The molecule has 0 aliphatic rings. The number of benzene rings is 2. The molecule has 3 nitrogen and oxygen atoms in total. The van der Waals surface area contributed by atoms with Gasteiger partial charge in [0.05, 0.1) is 11.3 Å². The third-order valence-corrected chi connectivity index (χ3v) is 3.62. The van der Waals surface area contributed by atoms with E-state index in [-0.39, 0.29) is 5.56 Å². The molecule has 20 heavy (non-hydrogen) atoms. The van der Waals surface area contributed by atoms with Gasteiger partial charge in [0.1, 0.15) is 5.82 Å². The van der Waals surface area contributed by atoms with E-state index in [4.69, 9.17) is 17.3 Å². The molecule has 2 aromatic carbocycles. The Hall–Kier alpha value is -1.59. The number of hydrogen-bond acceptors (Lipinski definition) is 2. The molecule has 0 atom stereocenters. The predicted octanol–water partition coefficient (Wildman–Crippen LogP) is 4.38. The van der Waals surface area contributed by atoms with Crippen molar-refractivity contribution in [3.05, 3.63) is 56.8 Å². The number of amides is 1. The Bertz CT molecular complexity index is 691. The molecule has 0 saturated carbocycles. The second kappa shape index (κ2) is 5.81. The van der Waals surface area contributed by atoms with Crippen LogP contribution in [0.2, 0.25) is 5.02 Å². The Balaban J connectivity index is 2.35. The Morgan fingerprint density at radius 1 is 1.35 bits per heavy atom. The van der Waals surface area contributed by atoms with E-state index in [1.165, 1.54) is 12.1 Å². The van der Waals surface area contributed by atoms with Gasteiger partial charge in [-0.15, -0.1) is 0 Å². The summed E-state index contributed by atoms with van der Waals surface area (Å²) in [6.07, 6.45) is 0. The van der Waals surface area contributed by atoms with Crippen LogP contribution in [0, 0.1) is 12.7 Å². The maximum atomic E-state index is 14.0. The first kappa shape index (κ1) is 14.8. The Morgan fingerprint density at radius 2 is 2.05 bits per heavy atom. The quantitative estimate of drug-likeness (QED) is 0.783. The van der Waals surface area contributed by atoms with Gasteiger partial charge in [-0.25, -0.2) is 4.39 Å². The van der Waals surface area contributed by atoms with Crippen molar-refractivity contribution >= 4 is 44.8 Å². The average Bonchev–Trinajstić information content (AvgIpc) is 2.38. The van der Waals surface area contributed by atoms with Crippen molar-refractivity contribution in [1.29, 1.82) is 0 Å².